The van der Waals surface area contributed by atoms with Crippen LogP contribution in [0.5, 0.6) is 0 Å². The third-order valence-corrected chi connectivity index (χ3v) is 21.1. The standard InChI is InChI=1S/C24H32F2N4O3.C23H28F2N4O3.C22H25F2N5O3.C20H24F2N4O3/c1-23(2,3)19(22(32)29-24(4,5)6)28-21(31)18-17-13-33-11-7-10-30(17)20(27-18)14-8-9-15(25)16(26)12-14;1-23(2,3)19(22(31)26-14-6-7-14)28-21(30)18-17-12-32-10-4-9-29(17)20(27-18)13-5-8-15(24)16(25)11-13;1-12-25-21(32-28-12)18(22(2,3)4)27-20(30)17-16-11-31-9-5-8-29(16)19(26-17)13-6-7-14(23)15(24)10-13;1-11(2)16(19(27)23-3)25-20(28)17-15-10-29-8-4-7-26(15)18(24-17)12-5-6-13(21)14(22)9-12/h8-9,12,19H,7,10-11,13H2,1-6H3,(H,28,31)(H,29,32);5,8,11,14,19H,4,6-7,9-10,12H2,1-3H3,(H,26,31)(H,28,30);6-7,10,18H,5,8-9,11H2,1-4H3,(H,27,30);5-6,9,11,16H,4,7-8,10H2,1-3H3,(H,23,27)(H,25,28)/t2*19-;18-;16-/m1110/s1. The summed E-state index contributed by atoms with van der Waals surface area (Å²) in [7, 11) is 1.50. The SMILES string of the molecule is CC(C)(C)NC(=O)[C@@H](NC(=O)c1nc(-c2ccc(F)c(F)c2)n2c1COCCC2)C(C)(C)C.CC(C)(C)[C@H](NC(=O)c1nc(-c2ccc(F)c(F)c2)n2c1COCCC2)C(=O)NC1CC1.CNC(=O)[C@@H](NC(=O)c1nc(-c2ccc(F)c(F)c2)n2c1COCCC2)C(C)C.Cc1noc([C@@H](NC(=O)c2nc(-c3ccc(F)c(F)c3)n3c2COCCC3)C(C)(C)C)n1. The van der Waals surface area contributed by atoms with Crippen LogP contribution in [0.15, 0.2) is 77.3 Å². The molecule has 0 radical (unpaired) electrons. The summed E-state index contributed by atoms with van der Waals surface area (Å²) in [5.74, 6) is -8.49. The zero-order valence-electron chi connectivity index (χ0n) is 73.5. The number of ether oxygens (including phenoxy) is 4. The molecule has 1 fully saturated rings. The van der Waals surface area contributed by atoms with Crippen LogP contribution in [-0.4, -0.2) is 153 Å². The number of hydrogen-bond acceptors (Lipinski definition) is 18. The third kappa shape index (κ3) is 23.2. The lowest BCUT2D eigenvalue weighted by atomic mass is 9.85. The van der Waals surface area contributed by atoms with Crippen molar-refractivity contribution in [1.82, 2.24) is 85.6 Å². The van der Waals surface area contributed by atoms with Crippen molar-refractivity contribution >= 4 is 41.4 Å². The molecule has 4 aliphatic heterocycles. The third-order valence-electron chi connectivity index (χ3n) is 21.1. The Morgan fingerprint density at radius 1 is 0.413 bits per heavy atom. The number of rotatable bonds is 18. The van der Waals surface area contributed by atoms with Gasteiger partial charge in [-0.05, 0) is 161 Å². The zero-order chi connectivity index (χ0) is 91.8. The van der Waals surface area contributed by atoms with Gasteiger partial charge in [0.2, 0.25) is 23.6 Å². The Kier molecular flexibility index (Phi) is 30.2. The minimum absolute atomic E-state index is 0.106. The van der Waals surface area contributed by atoms with Crippen LogP contribution in [0.2, 0.25) is 0 Å². The summed E-state index contributed by atoms with van der Waals surface area (Å²) in [6, 6.07) is 11.4. The minimum atomic E-state index is -0.993. The number of likely N-dealkylation sites (N-methyl/N-ethyl adjacent to an activating group) is 1. The van der Waals surface area contributed by atoms with Crippen LogP contribution in [0.3, 0.4) is 0 Å². The topological polar surface area (TPSA) is 351 Å². The van der Waals surface area contributed by atoms with E-state index in [4.69, 9.17) is 23.5 Å². The number of carbonyl (C=O) groups excluding carboxylic acids is 7. The smallest absolute Gasteiger partial charge is 0.272 e. The number of nitrogens with zero attached hydrogens (tertiary/aromatic N) is 10. The minimum Gasteiger partial charge on any atom is -0.375 e. The van der Waals surface area contributed by atoms with Gasteiger partial charge in [0.05, 0.1) is 49.2 Å². The molecule has 9 aromatic rings. The van der Waals surface area contributed by atoms with E-state index in [1.54, 1.807) is 16.1 Å². The Hall–Kier alpha value is -11.6. The summed E-state index contributed by atoms with van der Waals surface area (Å²) < 4.78 is 144. The number of benzene rings is 4. The number of nitrogens with one attached hydrogen (secondary N) is 7. The van der Waals surface area contributed by atoms with Crippen LogP contribution in [0.1, 0.15) is 218 Å². The van der Waals surface area contributed by atoms with Crippen molar-refractivity contribution in [2.24, 2.45) is 22.2 Å². The molecule has 37 heteroatoms. The molecule has 126 heavy (non-hydrogen) atoms. The van der Waals surface area contributed by atoms with Gasteiger partial charge in [-0.1, -0.05) is 81.3 Å². The first-order chi connectivity index (χ1) is 59.4. The number of hydrogen-bond donors (Lipinski definition) is 7. The molecule has 0 unspecified atom stereocenters. The van der Waals surface area contributed by atoms with Gasteiger partial charge < -0.3 is 79.0 Å². The molecule has 5 aromatic heterocycles. The van der Waals surface area contributed by atoms with E-state index >= 15 is 0 Å². The van der Waals surface area contributed by atoms with Crippen molar-refractivity contribution in [3.8, 4) is 45.6 Å². The fraction of sp³-hybridized carbons (Fsp3) is 0.494. The van der Waals surface area contributed by atoms with Gasteiger partial charge in [0, 0.05) is 93.5 Å². The van der Waals surface area contributed by atoms with Gasteiger partial charge >= 0.3 is 0 Å². The van der Waals surface area contributed by atoms with Crippen LogP contribution in [0.25, 0.3) is 45.6 Å². The van der Waals surface area contributed by atoms with Crippen molar-refractivity contribution in [1.29, 1.82) is 0 Å². The summed E-state index contributed by atoms with van der Waals surface area (Å²) in [4.78, 5) is 113. The number of imidazole rings is 4. The van der Waals surface area contributed by atoms with Gasteiger partial charge in [0.15, 0.2) is 75.1 Å². The van der Waals surface area contributed by atoms with E-state index in [1.807, 2.05) is 106 Å². The highest BCUT2D eigenvalue weighted by Crippen LogP contribution is 2.37. The maximum absolute atomic E-state index is 13.9. The Morgan fingerprint density at radius 2 is 0.730 bits per heavy atom. The summed E-state index contributed by atoms with van der Waals surface area (Å²) in [6.45, 7) is 32.8. The number of amides is 7. The predicted molar refractivity (Wildman–Crippen MR) is 447 cm³/mol. The van der Waals surface area contributed by atoms with Crippen molar-refractivity contribution in [3.63, 3.8) is 0 Å². The summed E-state index contributed by atoms with van der Waals surface area (Å²) in [5.41, 5.74) is 2.19. The maximum atomic E-state index is 13.9. The van der Waals surface area contributed by atoms with Crippen LogP contribution in [0, 0.1) is 75.6 Å². The summed E-state index contributed by atoms with van der Waals surface area (Å²) in [5, 5.41) is 23.6. The molecule has 1 aliphatic carbocycles. The molecule has 9 heterocycles. The first kappa shape index (κ1) is 95.1. The van der Waals surface area contributed by atoms with E-state index in [2.05, 4.69) is 67.3 Å². The quantitative estimate of drug-likeness (QED) is 0.0392. The molecular weight excluding hydrogens is 1650 g/mol. The molecule has 7 N–H and O–H groups in total. The van der Waals surface area contributed by atoms with Crippen LogP contribution >= 0.6 is 0 Å². The number of carbonyl (C=O) groups is 7. The lowest BCUT2D eigenvalue weighted by Crippen LogP contribution is -2.57. The van der Waals surface area contributed by atoms with Crippen molar-refractivity contribution in [2.75, 3.05) is 33.5 Å². The van der Waals surface area contributed by atoms with E-state index in [0.29, 0.717) is 158 Å². The molecule has 7 amide bonds. The molecule has 4 atom stereocenters. The zero-order valence-corrected chi connectivity index (χ0v) is 73.5. The molecule has 5 aliphatic rings. The average molecular weight is 1760 g/mol. The summed E-state index contributed by atoms with van der Waals surface area (Å²) in [6.07, 6.45) is 4.65. The second-order valence-corrected chi connectivity index (χ2v) is 36.0. The fourth-order valence-electron chi connectivity index (χ4n) is 14.5. The molecular formula is C89H109F8N17O12. The number of aryl methyl sites for hydroxylation is 1. The highest BCUT2D eigenvalue weighted by atomic mass is 19.2. The molecule has 14 rings (SSSR count). The number of fused-ring (bicyclic) bond motifs is 4. The van der Waals surface area contributed by atoms with E-state index in [1.165, 1.54) is 31.3 Å². The number of aromatic nitrogens is 10. The highest BCUT2D eigenvalue weighted by molar-refractivity contribution is 6.00. The number of halogens is 8. The molecule has 29 nitrogen and oxygen atoms in total. The molecule has 4 aromatic carbocycles. The Bertz CT molecular complexity index is 5490. The lowest BCUT2D eigenvalue weighted by molar-refractivity contribution is -0.127. The Labute approximate surface area is 724 Å². The first-order valence-electron chi connectivity index (χ1n) is 41.8. The average Bonchev–Trinajstić information content (AvgIpc) is 1.66. The van der Waals surface area contributed by atoms with Gasteiger partial charge in [0.1, 0.15) is 47.5 Å². The van der Waals surface area contributed by atoms with Gasteiger partial charge in [-0.15, -0.1) is 0 Å². The second kappa shape index (κ2) is 40.0. The van der Waals surface area contributed by atoms with Crippen molar-refractivity contribution in [3.05, 3.63) is 177 Å². The lowest BCUT2D eigenvalue weighted by Gasteiger charge is -2.33. The Morgan fingerprint density at radius 3 is 1.00 bits per heavy atom. The predicted octanol–water partition coefficient (Wildman–Crippen LogP) is 13.2. The van der Waals surface area contributed by atoms with Crippen LogP contribution in [0.4, 0.5) is 35.1 Å². The monoisotopic (exact) mass is 1760 g/mol. The first-order valence-corrected chi connectivity index (χ1v) is 41.8. The van der Waals surface area contributed by atoms with E-state index in [-0.39, 0.29) is 78.9 Å². The van der Waals surface area contributed by atoms with Gasteiger partial charge in [-0.2, -0.15) is 4.98 Å². The van der Waals surface area contributed by atoms with E-state index in [9.17, 15) is 68.7 Å². The Balaban J connectivity index is 0.000000163. The molecule has 678 valence electrons. The maximum Gasteiger partial charge on any atom is 0.272 e. The van der Waals surface area contributed by atoms with Crippen molar-refractivity contribution in [2.45, 2.75) is 231 Å². The van der Waals surface area contributed by atoms with E-state index in [0.717, 1.165) is 61.4 Å². The second-order valence-electron chi connectivity index (χ2n) is 36.0. The van der Waals surface area contributed by atoms with Gasteiger partial charge in [0.25, 0.3) is 23.6 Å². The van der Waals surface area contributed by atoms with Crippen LogP contribution in [-0.2, 0) is 85.9 Å². The van der Waals surface area contributed by atoms with E-state index < -0.39 is 116 Å². The summed E-state index contributed by atoms with van der Waals surface area (Å²) >= 11 is 0. The fourth-order valence-corrected chi connectivity index (χ4v) is 14.5. The molecule has 0 spiro atoms. The molecule has 0 bridgehead atoms. The molecule has 0 saturated heterocycles. The largest absolute Gasteiger partial charge is 0.375 e. The van der Waals surface area contributed by atoms with Gasteiger partial charge in [-0.3, -0.25) is 33.6 Å². The van der Waals surface area contributed by atoms with Gasteiger partial charge in [-0.25, -0.2) is 55.1 Å². The van der Waals surface area contributed by atoms with Crippen LogP contribution < -0.4 is 37.2 Å². The van der Waals surface area contributed by atoms with Crippen molar-refractivity contribution < 1.29 is 92.2 Å². The molecule has 1 saturated carbocycles. The normalized spacial score (nSPS) is 15.7. The highest BCUT2D eigenvalue weighted by Gasteiger charge is 2.41.